The number of nitriles is 1. The van der Waals surface area contributed by atoms with Crippen LogP contribution in [-0.4, -0.2) is 6.03 Å². The molecule has 1 aromatic carbocycles. The molecule has 0 aliphatic carbocycles. The van der Waals surface area contributed by atoms with Crippen molar-refractivity contribution < 1.29 is 4.79 Å². The minimum atomic E-state index is -0.280. The van der Waals surface area contributed by atoms with Gasteiger partial charge in [-0.25, -0.2) is 4.79 Å². The highest BCUT2D eigenvalue weighted by Crippen LogP contribution is 2.19. The smallest absolute Gasteiger partial charge is 0.308 e. The molecule has 0 spiro atoms. The first-order chi connectivity index (χ1) is 8.78. The number of urea groups is 1. The molecule has 90 valence electrons. The van der Waals surface area contributed by atoms with E-state index < -0.39 is 0 Å². The average Bonchev–Trinajstić information content (AvgIpc) is 2.84. The molecule has 0 aliphatic heterocycles. The number of thiocyanates is 1. The SMILES string of the molecule is N#CSc1ccc(NC(=O)Nc2cccs2)cc1. The number of nitrogens with one attached hydrogen (secondary N) is 2. The molecular formula is C12H9N3OS2. The van der Waals surface area contributed by atoms with E-state index in [1.807, 2.05) is 22.9 Å². The van der Waals surface area contributed by atoms with E-state index >= 15 is 0 Å². The van der Waals surface area contributed by atoms with Crippen LogP contribution in [0.5, 0.6) is 0 Å². The van der Waals surface area contributed by atoms with Gasteiger partial charge >= 0.3 is 6.03 Å². The molecule has 2 aromatic rings. The van der Waals surface area contributed by atoms with Gasteiger partial charge in [-0.3, -0.25) is 5.32 Å². The highest BCUT2D eigenvalue weighted by Gasteiger charge is 2.03. The molecule has 0 aliphatic rings. The molecular weight excluding hydrogens is 266 g/mol. The van der Waals surface area contributed by atoms with Crippen LogP contribution in [-0.2, 0) is 0 Å². The lowest BCUT2D eigenvalue weighted by molar-refractivity contribution is 0.262. The van der Waals surface area contributed by atoms with Gasteiger partial charge in [-0.1, -0.05) is 0 Å². The van der Waals surface area contributed by atoms with Gasteiger partial charge in [-0.2, -0.15) is 5.26 Å². The van der Waals surface area contributed by atoms with E-state index in [1.54, 1.807) is 24.3 Å². The molecule has 1 aromatic heterocycles. The van der Waals surface area contributed by atoms with Crippen LogP contribution < -0.4 is 10.6 Å². The number of amides is 2. The Morgan fingerprint density at radius 2 is 2.00 bits per heavy atom. The van der Waals surface area contributed by atoms with Crippen LogP contribution in [0.2, 0.25) is 0 Å². The van der Waals surface area contributed by atoms with E-state index in [0.717, 1.165) is 21.7 Å². The number of thiophene rings is 1. The van der Waals surface area contributed by atoms with Crippen LogP contribution in [0.4, 0.5) is 15.5 Å². The number of hydrogen-bond acceptors (Lipinski definition) is 4. The summed E-state index contributed by atoms with van der Waals surface area (Å²) in [7, 11) is 0. The Morgan fingerprint density at radius 3 is 2.61 bits per heavy atom. The lowest BCUT2D eigenvalue weighted by Crippen LogP contribution is -2.18. The van der Waals surface area contributed by atoms with E-state index in [1.165, 1.54) is 11.3 Å². The molecule has 18 heavy (non-hydrogen) atoms. The molecule has 2 rings (SSSR count). The molecule has 0 radical (unpaired) electrons. The minimum Gasteiger partial charge on any atom is -0.308 e. The first-order valence-electron chi connectivity index (χ1n) is 5.05. The van der Waals surface area contributed by atoms with Gasteiger partial charge in [0.1, 0.15) is 5.40 Å². The Hall–Kier alpha value is -1.97. The van der Waals surface area contributed by atoms with Gasteiger partial charge in [0.15, 0.2) is 0 Å². The molecule has 6 heteroatoms. The lowest BCUT2D eigenvalue weighted by Gasteiger charge is -2.06. The monoisotopic (exact) mass is 275 g/mol. The van der Waals surface area contributed by atoms with Crippen LogP contribution in [0.15, 0.2) is 46.7 Å². The molecule has 2 N–H and O–H groups in total. The standard InChI is InChI=1S/C12H9N3OS2/c13-8-18-10-5-3-9(4-6-10)14-12(16)15-11-2-1-7-17-11/h1-7H,(H2,14,15,16). The maximum absolute atomic E-state index is 11.6. The maximum Gasteiger partial charge on any atom is 0.324 e. The molecule has 0 unspecified atom stereocenters. The van der Waals surface area contributed by atoms with Gasteiger partial charge in [0.2, 0.25) is 0 Å². The fourth-order valence-corrected chi connectivity index (χ4v) is 2.27. The van der Waals surface area contributed by atoms with Crippen molar-refractivity contribution in [3.8, 4) is 5.40 Å². The van der Waals surface area contributed by atoms with Crippen molar-refractivity contribution in [2.45, 2.75) is 4.90 Å². The molecule has 0 saturated heterocycles. The zero-order valence-corrected chi connectivity index (χ0v) is 10.8. The second-order valence-electron chi connectivity index (χ2n) is 3.27. The summed E-state index contributed by atoms with van der Waals surface area (Å²) >= 11 is 2.55. The van der Waals surface area contributed by atoms with Crippen molar-refractivity contribution >= 4 is 39.8 Å². The van der Waals surface area contributed by atoms with Gasteiger partial charge in [0, 0.05) is 10.6 Å². The average molecular weight is 275 g/mol. The zero-order valence-electron chi connectivity index (χ0n) is 9.21. The number of rotatable bonds is 3. The van der Waals surface area contributed by atoms with Crippen molar-refractivity contribution in [2.75, 3.05) is 10.6 Å². The Morgan fingerprint density at radius 1 is 1.22 bits per heavy atom. The maximum atomic E-state index is 11.6. The Kier molecular flexibility index (Phi) is 4.23. The number of thioether (sulfide) groups is 1. The summed E-state index contributed by atoms with van der Waals surface area (Å²) in [6, 6.07) is 10.5. The Balaban J connectivity index is 1.93. The van der Waals surface area contributed by atoms with Gasteiger partial charge in [0.05, 0.1) is 5.00 Å². The summed E-state index contributed by atoms with van der Waals surface area (Å²) < 4.78 is 0. The van der Waals surface area contributed by atoms with Crippen LogP contribution in [0.1, 0.15) is 0 Å². The first-order valence-corrected chi connectivity index (χ1v) is 6.75. The minimum absolute atomic E-state index is 0.280. The number of carbonyl (C=O) groups excluding carboxylic acids is 1. The Bertz CT molecular complexity index is 558. The fourth-order valence-electron chi connectivity index (χ4n) is 1.28. The second-order valence-corrected chi connectivity index (χ2v) is 5.08. The quantitative estimate of drug-likeness (QED) is 0.658. The van der Waals surface area contributed by atoms with E-state index in [9.17, 15) is 4.79 Å². The number of carbonyl (C=O) groups is 1. The largest absolute Gasteiger partial charge is 0.324 e. The van der Waals surface area contributed by atoms with Gasteiger partial charge < -0.3 is 5.32 Å². The third-order valence-corrected chi connectivity index (χ3v) is 3.42. The molecule has 1 heterocycles. The van der Waals surface area contributed by atoms with Crippen molar-refractivity contribution in [1.29, 1.82) is 5.26 Å². The van der Waals surface area contributed by atoms with E-state index in [0.29, 0.717) is 5.69 Å². The van der Waals surface area contributed by atoms with Crippen LogP contribution in [0, 0.1) is 10.7 Å². The van der Waals surface area contributed by atoms with Crippen molar-refractivity contribution in [3.05, 3.63) is 41.8 Å². The van der Waals surface area contributed by atoms with Gasteiger partial charge in [-0.05, 0) is 53.5 Å². The van der Waals surface area contributed by atoms with Crippen molar-refractivity contribution in [2.24, 2.45) is 0 Å². The number of anilines is 2. The summed E-state index contributed by atoms with van der Waals surface area (Å²) in [6.07, 6.45) is 0. The Labute approximate surface area is 113 Å². The van der Waals surface area contributed by atoms with Crippen molar-refractivity contribution in [3.63, 3.8) is 0 Å². The number of hydrogen-bond donors (Lipinski definition) is 2. The van der Waals surface area contributed by atoms with Crippen LogP contribution in [0.25, 0.3) is 0 Å². The molecule has 4 nitrogen and oxygen atoms in total. The summed E-state index contributed by atoms with van der Waals surface area (Å²) in [4.78, 5) is 12.5. The molecule has 0 saturated carbocycles. The third kappa shape index (κ3) is 3.52. The molecule has 0 atom stereocenters. The van der Waals surface area contributed by atoms with E-state index in [-0.39, 0.29) is 6.03 Å². The number of nitrogens with zero attached hydrogens (tertiary/aromatic N) is 1. The normalized spacial score (nSPS) is 9.50. The van der Waals surface area contributed by atoms with Gasteiger partial charge in [0.25, 0.3) is 0 Å². The lowest BCUT2D eigenvalue weighted by atomic mass is 10.3. The molecule has 0 bridgehead atoms. The zero-order chi connectivity index (χ0) is 12.8. The predicted molar refractivity (Wildman–Crippen MR) is 74.9 cm³/mol. The fraction of sp³-hybridized carbons (Fsp3) is 0. The highest BCUT2D eigenvalue weighted by atomic mass is 32.2. The highest BCUT2D eigenvalue weighted by molar-refractivity contribution is 8.03. The van der Waals surface area contributed by atoms with Gasteiger partial charge in [-0.15, -0.1) is 11.3 Å². The number of benzene rings is 1. The topological polar surface area (TPSA) is 64.9 Å². The van der Waals surface area contributed by atoms with Crippen LogP contribution in [0.3, 0.4) is 0 Å². The summed E-state index contributed by atoms with van der Waals surface area (Å²) in [5.41, 5.74) is 0.686. The molecule has 2 amide bonds. The summed E-state index contributed by atoms with van der Waals surface area (Å²) in [5, 5.41) is 18.6. The van der Waals surface area contributed by atoms with E-state index in [4.69, 9.17) is 5.26 Å². The first kappa shape index (κ1) is 12.5. The summed E-state index contributed by atoms with van der Waals surface area (Å²) in [6.45, 7) is 0. The van der Waals surface area contributed by atoms with Crippen LogP contribution >= 0.6 is 23.1 Å². The van der Waals surface area contributed by atoms with E-state index in [2.05, 4.69) is 10.6 Å². The third-order valence-electron chi connectivity index (χ3n) is 2.03. The van der Waals surface area contributed by atoms with Crippen molar-refractivity contribution in [1.82, 2.24) is 0 Å². The second kappa shape index (κ2) is 6.10. The predicted octanol–water partition coefficient (Wildman–Crippen LogP) is 3.97. The summed E-state index contributed by atoms with van der Waals surface area (Å²) in [5.74, 6) is 0. The molecule has 0 fully saturated rings.